The smallest absolute Gasteiger partial charge is 0.271 e. The van der Waals surface area contributed by atoms with Crippen LogP contribution in [0, 0.1) is 31.0 Å². The molecule has 1 amide bonds. The number of carbonyl (C=O) groups excluding carboxylic acids is 1. The lowest BCUT2D eigenvalue weighted by Gasteiger charge is -2.36. The number of amides is 1. The fourth-order valence-electron chi connectivity index (χ4n) is 6.28. The van der Waals surface area contributed by atoms with Crippen LogP contribution in [0.5, 0.6) is 0 Å². The first-order valence-corrected chi connectivity index (χ1v) is 17.4. The summed E-state index contributed by atoms with van der Waals surface area (Å²) in [4.78, 5) is 27.5. The minimum Gasteiger partial charge on any atom is -0.436 e. The lowest BCUT2D eigenvalue weighted by Crippen LogP contribution is -2.52. The molecule has 53 heavy (non-hydrogen) atoms. The van der Waals surface area contributed by atoms with Gasteiger partial charge in [0.25, 0.3) is 5.91 Å². The molecule has 1 aliphatic carbocycles. The minimum atomic E-state index is -1.53. The number of nitrogens with zero attached hydrogens (tertiary/aromatic N) is 4. The molecular formula is C40H39ClFN7O4. The molecule has 0 bridgehead atoms. The molecule has 2 aromatic carbocycles. The van der Waals surface area contributed by atoms with Crippen LogP contribution in [0.3, 0.4) is 0 Å². The van der Waals surface area contributed by atoms with Crippen LogP contribution in [-0.4, -0.2) is 51.1 Å². The number of benzene rings is 2. The maximum atomic E-state index is 14.7. The number of pyridine rings is 2. The zero-order chi connectivity index (χ0) is 37.7. The molecule has 3 atom stereocenters. The molecule has 3 unspecified atom stereocenters. The Labute approximate surface area is 311 Å². The van der Waals surface area contributed by atoms with Crippen LogP contribution in [0.1, 0.15) is 62.4 Å². The van der Waals surface area contributed by atoms with Gasteiger partial charge < -0.3 is 30.2 Å². The van der Waals surface area contributed by atoms with Gasteiger partial charge in [0.2, 0.25) is 5.89 Å². The summed E-state index contributed by atoms with van der Waals surface area (Å²) in [6, 6.07) is 16.6. The number of aliphatic hydroxyl groups is 1. The van der Waals surface area contributed by atoms with Gasteiger partial charge in [0.1, 0.15) is 17.3 Å². The number of oxazole rings is 1. The summed E-state index contributed by atoms with van der Waals surface area (Å²) in [5.74, 6) is -0.948. The summed E-state index contributed by atoms with van der Waals surface area (Å²) in [7, 11) is 1.56. The molecule has 0 spiro atoms. The van der Waals surface area contributed by atoms with E-state index >= 15 is 0 Å². The monoisotopic (exact) mass is 735 g/mol. The Morgan fingerprint density at radius 2 is 1.98 bits per heavy atom. The second-order valence-corrected chi connectivity index (χ2v) is 13.4. The number of carbonyl (C=O) groups is 1. The number of anilines is 1. The SMILES string of the molecule is COCc1cc(C(=O)NC2(c3nc4cc(CNc5ccnc(C)c5F)cc(C#N)c4o3)C=CC=C(c3ccccc3C)C2Cl)ncc1CNCC(C)O. The number of halogens is 2. The van der Waals surface area contributed by atoms with E-state index < -0.39 is 28.7 Å². The number of hydrogen-bond donors (Lipinski definition) is 4. The first kappa shape index (κ1) is 37.3. The number of hydrogen-bond acceptors (Lipinski definition) is 10. The Morgan fingerprint density at radius 1 is 1.17 bits per heavy atom. The van der Waals surface area contributed by atoms with E-state index in [4.69, 9.17) is 25.7 Å². The summed E-state index contributed by atoms with van der Waals surface area (Å²) in [6.07, 6.45) is 8.00. The molecular weight excluding hydrogens is 697 g/mol. The Balaban J connectivity index is 1.40. The molecule has 6 rings (SSSR count). The van der Waals surface area contributed by atoms with E-state index in [0.29, 0.717) is 24.2 Å². The van der Waals surface area contributed by atoms with Crippen LogP contribution in [-0.2, 0) is 30.0 Å². The van der Waals surface area contributed by atoms with Gasteiger partial charge in [-0.1, -0.05) is 36.4 Å². The van der Waals surface area contributed by atoms with Crippen molar-refractivity contribution in [2.45, 2.75) is 57.5 Å². The lowest BCUT2D eigenvalue weighted by molar-refractivity contribution is 0.0901. The van der Waals surface area contributed by atoms with Crippen LogP contribution in [0.4, 0.5) is 10.1 Å². The number of rotatable bonds is 13. The zero-order valence-electron chi connectivity index (χ0n) is 29.7. The first-order valence-electron chi connectivity index (χ1n) is 17.0. The third kappa shape index (κ3) is 7.84. The molecule has 4 N–H and O–H groups in total. The van der Waals surface area contributed by atoms with E-state index in [-0.39, 0.29) is 47.3 Å². The van der Waals surface area contributed by atoms with Crippen LogP contribution in [0.15, 0.2) is 83.6 Å². The Kier molecular flexibility index (Phi) is 11.3. The molecule has 272 valence electrons. The molecule has 11 nitrogen and oxygen atoms in total. The summed E-state index contributed by atoms with van der Waals surface area (Å²) in [6.45, 7) is 6.46. The van der Waals surface area contributed by atoms with E-state index in [9.17, 15) is 19.6 Å². The highest BCUT2D eigenvalue weighted by Crippen LogP contribution is 2.43. The van der Waals surface area contributed by atoms with Gasteiger partial charge in [-0.15, -0.1) is 11.6 Å². The number of allylic oxidation sites excluding steroid dienone is 2. The number of methoxy groups -OCH3 is 1. The quantitative estimate of drug-likeness (QED) is 0.100. The van der Waals surface area contributed by atoms with Crippen molar-refractivity contribution < 1.29 is 23.4 Å². The number of nitrogens with one attached hydrogen (secondary N) is 3. The van der Waals surface area contributed by atoms with Crippen LogP contribution in [0.25, 0.3) is 16.7 Å². The molecule has 5 aromatic rings. The van der Waals surface area contributed by atoms with Gasteiger partial charge >= 0.3 is 0 Å². The van der Waals surface area contributed by atoms with Gasteiger partial charge in [-0.25, -0.2) is 9.37 Å². The van der Waals surface area contributed by atoms with Gasteiger partial charge in [-0.3, -0.25) is 14.8 Å². The molecule has 0 aliphatic heterocycles. The van der Waals surface area contributed by atoms with Crippen molar-refractivity contribution in [2.24, 2.45) is 0 Å². The number of nitriles is 1. The maximum absolute atomic E-state index is 14.7. The van der Waals surface area contributed by atoms with E-state index in [2.05, 4.69) is 32.0 Å². The number of ether oxygens (including phenoxy) is 1. The molecule has 13 heteroatoms. The largest absolute Gasteiger partial charge is 0.436 e. The van der Waals surface area contributed by atoms with Gasteiger partial charge in [-0.2, -0.15) is 5.26 Å². The number of aryl methyl sites for hydroxylation is 2. The Morgan fingerprint density at radius 3 is 2.74 bits per heavy atom. The third-order valence-corrected chi connectivity index (χ3v) is 9.60. The molecule has 0 radical (unpaired) electrons. The fourth-order valence-corrected chi connectivity index (χ4v) is 6.69. The molecule has 1 aliphatic rings. The van der Waals surface area contributed by atoms with E-state index in [1.807, 2.05) is 37.3 Å². The van der Waals surface area contributed by atoms with Crippen molar-refractivity contribution >= 4 is 39.9 Å². The number of alkyl halides is 1. The maximum Gasteiger partial charge on any atom is 0.271 e. The number of fused-ring (bicyclic) bond motifs is 1. The van der Waals surface area contributed by atoms with E-state index in [1.54, 1.807) is 57.5 Å². The summed E-state index contributed by atoms with van der Waals surface area (Å²) >= 11 is 7.43. The molecule has 0 saturated heterocycles. The number of aromatic nitrogens is 3. The highest BCUT2D eigenvalue weighted by molar-refractivity contribution is 6.28. The molecule has 3 aromatic heterocycles. The Hall–Kier alpha value is -5.45. The predicted molar refractivity (Wildman–Crippen MR) is 200 cm³/mol. The summed E-state index contributed by atoms with van der Waals surface area (Å²) in [5.41, 5.74) is 4.68. The van der Waals surface area contributed by atoms with E-state index in [0.717, 1.165) is 27.8 Å². The average molecular weight is 736 g/mol. The van der Waals surface area contributed by atoms with Crippen LogP contribution in [0.2, 0.25) is 0 Å². The van der Waals surface area contributed by atoms with Crippen LogP contribution < -0.4 is 16.0 Å². The Bertz CT molecular complexity index is 2260. The fraction of sp³-hybridized carbons (Fsp3) is 0.275. The highest BCUT2D eigenvalue weighted by atomic mass is 35.5. The highest BCUT2D eigenvalue weighted by Gasteiger charge is 2.47. The van der Waals surface area contributed by atoms with Crippen molar-refractivity contribution in [2.75, 3.05) is 19.0 Å². The molecule has 0 fully saturated rings. The normalized spacial score (nSPS) is 17.3. The van der Waals surface area contributed by atoms with Crippen molar-refractivity contribution in [1.82, 2.24) is 25.6 Å². The third-order valence-electron chi connectivity index (χ3n) is 9.03. The molecule has 0 saturated carbocycles. The lowest BCUT2D eigenvalue weighted by atomic mass is 9.81. The first-order chi connectivity index (χ1) is 25.5. The predicted octanol–water partition coefficient (Wildman–Crippen LogP) is 6.36. The zero-order valence-corrected chi connectivity index (χ0v) is 30.5. The van der Waals surface area contributed by atoms with Crippen LogP contribution >= 0.6 is 11.6 Å². The standard InChI is InChI=1S/C40H39ClFN7O4/c1-23-8-5-6-9-30(23)31-10-7-12-40(37(31)41,49-38(51)34-16-28(22-52-4)29(21-47-34)20-44-18-24(2)50)39-48-33-15-26(14-27(17-43)36(33)53-39)19-46-32-11-13-45-25(3)35(32)42/h5-16,21,24,37,44,50H,18-20,22H2,1-4H3,(H,45,46)(H,49,51). The van der Waals surface area contributed by atoms with E-state index in [1.165, 1.54) is 12.3 Å². The van der Waals surface area contributed by atoms with Gasteiger partial charge in [-0.05, 0) is 84.5 Å². The second-order valence-electron chi connectivity index (χ2n) is 13.0. The minimum absolute atomic E-state index is 0.0600. The van der Waals surface area contributed by atoms with Crippen molar-refractivity contribution in [3.63, 3.8) is 0 Å². The number of aliphatic hydroxyl groups excluding tert-OH is 1. The van der Waals surface area contributed by atoms with Gasteiger partial charge in [0.05, 0.1) is 35.0 Å². The van der Waals surface area contributed by atoms with Crippen molar-refractivity contribution in [3.8, 4) is 6.07 Å². The molecule has 3 heterocycles. The second kappa shape index (κ2) is 16.1. The van der Waals surface area contributed by atoms with Gasteiger partial charge in [0.15, 0.2) is 16.9 Å². The van der Waals surface area contributed by atoms with Gasteiger partial charge in [0, 0.05) is 39.1 Å². The van der Waals surface area contributed by atoms with Crippen molar-refractivity contribution in [1.29, 1.82) is 5.26 Å². The van der Waals surface area contributed by atoms with Crippen molar-refractivity contribution in [3.05, 3.63) is 136 Å². The average Bonchev–Trinajstić information content (AvgIpc) is 3.59. The summed E-state index contributed by atoms with van der Waals surface area (Å²) < 4.78 is 26.5. The topological polar surface area (TPSA) is 158 Å². The summed E-state index contributed by atoms with van der Waals surface area (Å²) in [5, 5.41) is 28.3.